The second kappa shape index (κ2) is 9.98. The number of rotatable bonds is 7. The number of carbonyl (C=O) groups excluding carboxylic acids is 1. The van der Waals surface area contributed by atoms with Crippen LogP contribution in [-0.4, -0.2) is 29.1 Å². The number of nitrogens with zero attached hydrogens (tertiary/aromatic N) is 3. The summed E-state index contributed by atoms with van der Waals surface area (Å²) in [6.45, 7) is 8.39. The molecule has 168 valence electrons. The highest BCUT2D eigenvalue weighted by molar-refractivity contribution is 5.76. The molecule has 2 heterocycles. The minimum absolute atomic E-state index is 0.0249. The number of amides is 1. The SMILES string of the molecule is Cc1ccc(C(C)NC(=O)CCc2nc(-c3ccc(N4CCCCC4)cc3)no2)c(C)c1. The van der Waals surface area contributed by atoms with Crippen molar-refractivity contribution in [2.45, 2.75) is 58.9 Å². The average molecular weight is 433 g/mol. The summed E-state index contributed by atoms with van der Waals surface area (Å²) in [7, 11) is 0. The normalized spacial score (nSPS) is 14.9. The van der Waals surface area contributed by atoms with Crippen molar-refractivity contribution in [3.05, 3.63) is 65.0 Å². The van der Waals surface area contributed by atoms with Gasteiger partial charge in [0.05, 0.1) is 6.04 Å². The standard InChI is InChI=1S/C26H32N4O2/c1-18-7-12-23(19(2)17-18)20(3)27-24(31)13-14-25-28-26(29-32-25)21-8-10-22(11-9-21)30-15-5-4-6-16-30/h7-12,17,20H,4-6,13-16H2,1-3H3,(H,27,31). The fourth-order valence-electron chi connectivity index (χ4n) is 4.37. The molecular formula is C26H32N4O2. The number of nitrogens with one attached hydrogen (secondary N) is 1. The lowest BCUT2D eigenvalue weighted by atomic mass is 10.00. The van der Waals surface area contributed by atoms with Crippen LogP contribution in [0.2, 0.25) is 0 Å². The molecule has 0 bridgehead atoms. The molecule has 0 saturated carbocycles. The maximum absolute atomic E-state index is 12.4. The third kappa shape index (κ3) is 5.36. The molecular weight excluding hydrogens is 400 g/mol. The topological polar surface area (TPSA) is 71.3 Å². The molecule has 0 radical (unpaired) electrons. The number of benzene rings is 2. The monoisotopic (exact) mass is 432 g/mol. The summed E-state index contributed by atoms with van der Waals surface area (Å²) in [4.78, 5) is 19.3. The molecule has 1 fully saturated rings. The number of aryl methyl sites for hydroxylation is 3. The largest absolute Gasteiger partial charge is 0.372 e. The molecule has 6 heteroatoms. The van der Waals surface area contributed by atoms with Gasteiger partial charge in [-0.05, 0) is 75.4 Å². The van der Waals surface area contributed by atoms with Gasteiger partial charge in [0.2, 0.25) is 17.6 Å². The summed E-state index contributed by atoms with van der Waals surface area (Å²) >= 11 is 0. The Balaban J connectivity index is 1.30. The number of hydrogen-bond donors (Lipinski definition) is 1. The fraction of sp³-hybridized carbons (Fsp3) is 0.423. The average Bonchev–Trinajstić information content (AvgIpc) is 3.27. The summed E-state index contributed by atoms with van der Waals surface area (Å²) in [6, 6.07) is 14.6. The predicted molar refractivity (Wildman–Crippen MR) is 127 cm³/mol. The second-order valence-electron chi connectivity index (χ2n) is 8.76. The van der Waals surface area contributed by atoms with Crippen molar-refractivity contribution in [3.63, 3.8) is 0 Å². The van der Waals surface area contributed by atoms with Gasteiger partial charge in [-0.1, -0.05) is 28.9 Å². The summed E-state index contributed by atoms with van der Waals surface area (Å²) in [5, 5.41) is 7.17. The molecule has 1 unspecified atom stereocenters. The molecule has 1 aromatic heterocycles. The number of aromatic nitrogens is 2. The zero-order valence-electron chi connectivity index (χ0n) is 19.2. The molecule has 32 heavy (non-hydrogen) atoms. The Morgan fingerprint density at radius 1 is 1.09 bits per heavy atom. The van der Waals surface area contributed by atoms with Crippen molar-refractivity contribution in [2.24, 2.45) is 0 Å². The maximum atomic E-state index is 12.4. The van der Waals surface area contributed by atoms with Crippen LogP contribution in [0.15, 0.2) is 47.0 Å². The first-order valence-electron chi connectivity index (χ1n) is 11.5. The van der Waals surface area contributed by atoms with Crippen LogP contribution >= 0.6 is 0 Å². The fourth-order valence-corrected chi connectivity index (χ4v) is 4.37. The van der Waals surface area contributed by atoms with E-state index in [2.05, 4.69) is 64.5 Å². The van der Waals surface area contributed by atoms with E-state index < -0.39 is 0 Å². The molecule has 6 nitrogen and oxygen atoms in total. The minimum Gasteiger partial charge on any atom is -0.372 e. The van der Waals surface area contributed by atoms with Gasteiger partial charge in [-0.2, -0.15) is 4.98 Å². The number of hydrogen-bond acceptors (Lipinski definition) is 5. The molecule has 1 aliphatic heterocycles. The van der Waals surface area contributed by atoms with Crippen molar-refractivity contribution in [3.8, 4) is 11.4 Å². The van der Waals surface area contributed by atoms with E-state index in [-0.39, 0.29) is 11.9 Å². The highest BCUT2D eigenvalue weighted by Gasteiger charge is 2.15. The maximum Gasteiger partial charge on any atom is 0.227 e. The molecule has 0 aliphatic carbocycles. The van der Waals surface area contributed by atoms with Crippen LogP contribution in [0, 0.1) is 13.8 Å². The van der Waals surface area contributed by atoms with E-state index in [1.165, 1.54) is 36.1 Å². The van der Waals surface area contributed by atoms with E-state index in [9.17, 15) is 4.79 Å². The number of piperidine rings is 1. The van der Waals surface area contributed by atoms with Gasteiger partial charge in [-0.25, -0.2) is 0 Å². The van der Waals surface area contributed by atoms with E-state index in [0.717, 1.165) is 24.2 Å². The molecule has 4 rings (SSSR count). The molecule has 1 N–H and O–H groups in total. The molecule has 1 amide bonds. The van der Waals surface area contributed by atoms with E-state index in [1.807, 2.05) is 19.1 Å². The summed E-state index contributed by atoms with van der Waals surface area (Å²) in [5.41, 5.74) is 5.71. The van der Waals surface area contributed by atoms with Gasteiger partial charge in [-0.3, -0.25) is 4.79 Å². The molecule has 1 atom stereocenters. The highest BCUT2D eigenvalue weighted by atomic mass is 16.5. The van der Waals surface area contributed by atoms with Crippen molar-refractivity contribution >= 4 is 11.6 Å². The lowest BCUT2D eigenvalue weighted by molar-refractivity contribution is -0.121. The lowest BCUT2D eigenvalue weighted by Crippen LogP contribution is -2.29. The Morgan fingerprint density at radius 2 is 1.84 bits per heavy atom. The molecule has 2 aromatic carbocycles. The van der Waals surface area contributed by atoms with Crippen LogP contribution in [0.5, 0.6) is 0 Å². The van der Waals surface area contributed by atoms with Crippen molar-refractivity contribution in [2.75, 3.05) is 18.0 Å². The molecule has 3 aromatic rings. The van der Waals surface area contributed by atoms with Crippen LogP contribution in [0.3, 0.4) is 0 Å². The van der Waals surface area contributed by atoms with Crippen molar-refractivity contribution < 1.29 is 9.32 Å². The molecule has 1 saturated heterocycles. The zero-order valence-corrected chi connectivity index (χ0v) is 19.2. The van der Waals surface area contributed by atoms with Crippen LogP contribution in [-0.2, 0) is 11.2 Å². The Morgan fingerprint density at radius 3 is 2.56 bits per heavy atom. The first kappa shape index (κ1) is 22.1. The number of carbonyl (C=O) groups is 1. The third-order valence-electron chi connectivity index (χ3n) is 6.15. The predicted octanol–water partition coefficient (Wildman–Crippen LogP) is 5.15. The van der Waals surface area contributed by atoms with Crippen LogP contribution in [0.1, 0.15) is 61.2 Å². The third-order valence-corrected chi connectivity index (χ3v) is 6.15. The first-order valence-corrected chi connectivity index (χ1v) is 11.5. The van der Waals surface area contributed by atoms with Gasteiger partial charge in [0.25, 0.3) is 0 Å². The van der Waals surface area contributed by atoms with Crippen molar-refractivity contribution in [1.82, 2.24) is 15.5 Å². The van der Waals surface area contributed by atoms with E-state index in [4.69, 9.17) is 4.52 Å². The quantitative estimate of drug-likeness (QED) is 0.559. The van der Waals surface area contributed by atoms with Crippen molar-refractivity contribution in [1.29, 1.82) is 0 Å². The summed E-state index contributed by atoms with van der Waals surface area (Å²) in [5.74, 6) is 1.02. The lowest BCUT2D eigenvalue weighted by Gasteiger charge is -2.28. The Hall–Kier alpha value is -3.15. The Bertz CT molecular complexity index is 1050. The Kier molecular flexibility index (Phi) is 6.88. The first-order chi connectivity index (χ1) is 15.5. The van der Waals surface area contributed by atoms with Crippen LogP contribution < -0.4 is 10.2 Å². The van der Waals surface area contributed by atoms with E-state index in [1.54, 1.807) is 0 Å². The minimum atomic E-state index is -0.0419. The van der Waals surface area contributed by atoms with Gasteiger partial charge in [0, 0.05) is 37.2 Å². The van der Waals surface area contributed by atoms with Gasteiger partial charge in [-0.15, -0.1) is 0 Å². The van der Waals surface area contributed by atoms with E-state index >= 15 is 0 Å². The second-order valence-corrected chi connectivity index (χ2v) is 8.76. The number of anilines is 1. The van der Waals surface area contributed by atoms with Gasteiger partial charge >= 0.3 is 0 Å². The van der Waals surface area contributed by atoms with Gasteiger partial charge < -0.3 is 14.7 Å². The van der Waals surface area contributed by atoms with Crippen LogP contribution in [0.4, 0.5) is 5.69 Å². The molecule has 1 aliphatic rings. The summed E-state index contributed by atoms with van der Waals surface area (Å²) < 4.78 is 5.39. The Labute approximate surface area is 190 Å². The highest BCUT2D eigenvalue weighted by Crippen LogP contribution is 2.24. The smallest absolute Gasteiger partial charge is 0.227 e. The summed E-state index contributed by atoms with van der Waals surface area (Å²) in [6.07, 6.45) is 4.57. The van der Waals surface area contributed by atoms with Gasteiger partial charge in [0.1, 0.15) is 0 Å². The van der Waals surface area contributed by atoms with E-state index in [0.29, 0.717) is 24.6 Å². The zero-order chi connectivity index (χ0) is 22.5. The molecule has 0 spiro atoms. The van der Waals surface area contributed by atoms with Gasteiger partial charge in [0.15, 0.2) is 0 Å². The van der Waals surface area contributed by atoms with Crippen LogP contribution in [0.25, 0.3) is 11.4 Å².